The summed E-state index contributed by atoms with van der Waals surface area (Å²) in [6.07, 6.45) is 2.90. The fraction of sp³-hybridized carbons (Fsp3) is 0.444. The Hall–Kier alpha value is -2.18. The summed E-state index contributed by atoms with van der Waals surface area (Å²) in [5.41, 5.74) is 7.03. The predicted octanol–water partition coefficient (Wildman–Crippen LogP) is 1.79. The monoisotopic (exact) mass is 328 g/mol. The maximum atomic E-state index is 11.1. The molecule has 24 heavy (non-hydrogen) atoms. The van der Waals surface area contributed by atoms with Gasteiger partial charge >= 0.3 is 0 Å². The van der Waals surface area contributed by atoms with Crippen molar-refractivity contribution in [2.75, 3.05) is 20.1 Å². The molecule has 1 aliphatic heterocycles. The predicted molar refractivity (Wildman–Crippen MR) is 91.3 cm³/mol. The summed E-state index contributed by atoms with van der Waals surface area (Å²) in [6, 6.07) is 8.05. The summed E-state index contributed by atoms with van der Waals surface area (Å²) in [6.45, 7) is 5.63. The molecule has 3 rings (SSSR count). The molecule has 1 aliphatic rings. The number of likely N-dealkylation sites (N-methyl/N-ethyl adjacent to an activating group) is 1. The van der Waals surface area contributed by atoms with Gasteiger partial charge in [0.1, 0.15) is 5.76 Å². The molecule has 2 aromatic rings. The Morgan fingerprint density at radius 2 is 2.17 bits per heavy atom. The molecular weight excluding hydrogens is 304 g/mol. The van der Waals surface area contributed by atoms with Crippen molar-refractivity contribution in [2.45, 2.75) is 32.5 Å². The third-order valence-corrected chi connectivity index (χ3v) is 4.57. The van der Waals surface area contributed by atoms with Crippen LogP contribution >= 0.6 is 0 Å². The molecule has 1 saturated heterocycles. The fourth-order valence-electron chi connectivity index (χ4n) is 3.17. The molecule has 0 bridgehead atoms. The molecule has 1 unspecified atom stereocenters. The Morgan fingerprint density at radius 3 is 2.79 bits per heavy atom. The van der Waals surface area contributed by atoms with Gasteiger partial charge in [-0.3, -0.25) is 14.6 Å². The Bertz CT molecular complexity index is 695. The van der Waals surface area contributed by atoms with Crippen molar-refractivity contribution in [3.05, 3.63) is 53.2 Å². The molecule has 2 heterocycles. The second-order valence-electron chi connectivity index (χ2n) is 6.52. The van der Waals surface area contributed by atoms with E-state index in [9.17, 15) is 4.79 Å². The number of hydrogen-bond donors (Lipinski definition) is 1. The van der Waals surface area contributed by atoms with Crippen LogP contribution in [0.4, 0.5) is 0 Å². The van der Waals surface area contributed by atoms with E-state index in [-0.39, 0.29) is 5.91 Å². The molecule has 0 saturated carbocycles. The molecular formula is C18H24N4O2. The minimum atomic E-state index is -0.383. The molecule has 0 radical (unpaired) electrons. The summed E-state index contributed by atoms with van der Waals surface area (Å²) in [5.74, 6) is 1.24. The molecule has 0 aliphatic carbocycles. The van der Waals surface area contributed by atoms with Crippen molar-refractivity contribution in [3.8, 4) is 0 Å². The van der Waals surface area contributed by atoms with Gasteiger partial charge in [0.25, 0.3) is 0 Å². The summed E-state index contributed by atoms with van der Waals surface area (Å²) in [4.78, 5) is 20.1. The van der Waals surface area contributed by atoms with Crippen molar-refractivity contribution < 1.29 is 9.21 Å². The Morgan fingerprint density at radius 1 is 1.42 bits per heavy atom. The lowest BCUT2D eigenvalue weighted by Crippen LogP contribution is -2.34. The highest BCUT2D eigenvalue weighted by molar-refractivity contribution is 5.92. The highest BCUT2D eigenvalue weighted by Crippen LogP contribution is 2.19. The zero-order valence-corrected chi connectivity index (χ0v) is 14.2. The SMILES string of the molecule is Cc1cnc(CN(C)C2CCN(Cc3ccc(C(N)=O)cc3)C2)o1. The van der Waals surface area contributed by atoms with Gasteiger partial charge < -0.3 is 10.2 Å². The van der Waals surface area contributed by atoms with Crippen LogP contribution in [0.25, 0.3) is 0 Å². The van der Waals surface area contributed by atoms with E-state index >= 15 is 0 Å². The smallest absolute Gasteiger partial charge is 0.248 e. The zero-order valence-electron chi connectivity index (χ0n) is 14.2. The Labute approximate surface area is 142 Å². The first-order chi connectivity index (χ1) is 11.5. The number of rotatable bonds is 6. The van der Waals surface area contributed by atoms with Crippen LogP contribution in [-0.4, -0.2) is 46.9 Å². The number of carbonyl (C=O) groups excluding carboxylic acids is 1. The van der Waals surface area contributed by atoms with Gasteiger partial charge in [0.2, 0.25) is 11.8 Å². The van der Waals surface area contributed by atoms with Crippen LogP contribution in [0.1, 0.15) is 34.0 Å². The second kappa shape index (κ2) is 7.15. The van der Waals surface area contributed by atoms with E-state index in [2.05, 4.69) is 21.8 Å². The number of likely N-dealkylation sites (tertiary alicyclic amines) is 1. The van der Waals surface area contributed by atoms with Crippen molar-refractivity contribution in [1.82, 2.24) is 14.8 Å². The normalized spacial score (nSPS) is 18.4. The van der Waals surface area contributed by atoms with E-state index in [4.69, 9.17) is 10.2 Å². The lowest BCUT2D eigenvalue weighted by atomic mass is 10.1. The second-order valence-corrected chi connectivity index (χ2v) is 6.52. The first kappa shape index (κ1) is 16.7. The standard InChI is InChI=1S/C18H24N4O2/c1-13-9-20-17(24-13)12-21(2)16-7-8-22(11-16)10-14-3-5-15(6-4-14)18(19)23/h3-6,9,16H,7-8,10-12H2,1-2H3,(H2,19,23). The summed E-state index contributed by atoms with van der Waals surface area (Å²) >= 11 is 0. The minimum Gasteiger partial charge on any atom is -0.445 e. The lowest BCUT2D eigenvalue weighted by molar-refractivity contribution is 0.100. The van der Waals surface area contributed by atoms with Crippen molar-refractivity contribution in [1.29, 1.82) is 0 Å². The maximum absolute atomic E-state index is 11.1. The fourth-order valence-corrected chi connectivity index (χ4v) is 3.17. The van der Waals surface area contributed by atoms with Crippen LogP contribution in [0, 0.1) is 6.92 Å². The minimum absolute atomic E-state index is 0.383. The van der Waals surface area contributed by atoms with E-state index in [1.807, 2.05) is 19.1 Å². The van der Waals surface area contributed by atoms with Crippen LogP contribution in [0.15, 0.2) is 34.9 Å². The molecule has 6 nitrogen and oxygen atoms in total. The summed E-state index contributed by atoms with van der Waals surface area (Å²) in [5, 5.41) is 0. The first-order valence-electron chi connectivity index (χ1n) is 8.24. The van der Waals surface area contributed by atoms with Crippen molar-refractivity contribution in [3.63, 3.8) is 0 Å². The molecule has 128 valence electrons. The van der Waals surface area contributed by atoms with E-state index in [1.54, 1.807) is 18.3 Å². The van der Waals surface area contributed by atoms with Crippen molar-refractivity contribution in [2.24, 2.45) is 5.73 Å². The molecule has 0 spiro atoms. The van der Waals surface area contributed by atoms with Gasteiger partial charge in [0.15, 0.2) is 0 Å². The molecule has 1 fully saturated rings. The van der Waals surface area contributed by atoms with Gasteiger partial charge in [0.05, 0.1) is 12.7 Å². The number of carbonyl (C=O) groups is 1. The van der Waals surface area contributed by atoms with Crippen LogP contribution in [-0.2, 0) is 13.1 Å². The third kappa shape index (κ3) is 4.01. The first-order valence-corrected chi connectivity index (χ1v) is 8.24. The largest absolute Gasteiger partial charge is 0.445 e. The average Bonchev–Trinajstić information content (AvgIpc) is 3.17. The van der Waals surface area contributed by atoms with Crippen LogP contribution in [0.3, 0.4) is 0 Å². The van der Waals surface area contributed by atoms with Crippen molar-refractivity contribution >= 4 is 5.91 Å². The van der Waals surface area contributed by atoms with Gasteiger partial charge in [-0.05, 0) is 38.1 Å². The van der Waals surface area contributed by atoms with Gasteiger partial charge in [-0.15, -0.1) is 0 Å². The number of primary amides is 1. The quantitative estimate of drug-likeness (QED) is 0.875. The van der Waals surface area contributed by atoms with Gasteiger partial charge in [-0.2, -0.15) is 0 Å². The Balaban J connectivity index is 1.52. The number of aryl methyl sites for hydroxylation is 1. The van der Waals surface area contributed by atoms with Gasteiger partial charge in [0, 0.05) is 31.2 Å². The van der Waals surface area contributed by atoms with E-state index in [0.29, 0.717) is 11.6 Å². The highest BCUT2D eigenvalue weighted by Gasteiger charge is 2.26. The molecule has 1 atom stereocenters. The highest BCUT2D eigenvalue weighted by atomic mass is 16.4. The zero-order chi connectivity index (χ0) is 17.1. The molecule has 1 amide bonds. The number of nitrogens with zero attached hydrogens (tertiary/aromatic N) is 3. The third-order valence-electron chi connectivity index (χ3n) is 4.57. The number of nitrogens with two attached hydrogens (primary N) is 1. The number of amides is 1. The molecule has 2 N–H and O–H groups in total. The number of oxazole rings is 1. The summed E-state index contributed by atoms with van der Waals surface area (Å²) in [7, 11) is 2.12. The lowest BCUT2D eigenvalue weighted by Gasteiger charge is -2.23. The van der Waals surface area contributed by atoms with E-state index < -0.39 is 0 Å². The molecule has 6 heteroatoms. The molecule has 1 aromatic carbocycles. The van der Waals surface area contributed by atoms with Gasteiger partial charge in [-0.1, -0.05) is 12.1 Å². The number of hydrogen-bond acceptors (Lipinski definition) is 5. The number of aromatic nitrogens is 1. The maximum Gasteiger partial charge on any atom is 0.248 e. The van der Waals surface area contributed by atoms with Gasteiger partial charge in [-0.25, -0.2) is 4.98 Å². The van der Waals surface area contributed by atoms with E-state index in [0.717, 1.165) is 44.3 Å². The summed E-state index contributed by atoms with van der Waals surface area (Å²) < 4.78 is 5.56. The van der Waals surface area contributed by atoms with E-state index in [1.165, 1.54) is 5.56 Å². The van der Waals surface area contributed by atoms with Crippen LogP contribution in [0.5, 0.6) is 0 Å². The van der Waals surface area contributed by atoms with Crippen LogP contribution < -0.4 is 5.73 Å². The Kier molecular flexibility index (Phi) is 4.97. The molecule has 1 aromatic heterocycles. The number of benzene rings is 1. The topological polar surface area (TPSA) is 75.6 Å². The van der Waals surface area contributed by atoms with Crippen LogP contribution in [0.2, 0.25) is 0 Å². The average molecular weight is 328 g/mol.